The van der Waals surface area contributed by atoms with Gasteiger partial charge in [-0.05, 0) is 49.7 Å². The third kappa shape index (κ3) is 2.73. The monoisotopic (exact) mass is 312 g/mol. The lowest BCUT2D eigenvalue weighted by Gasteiger charge is -2.36. The minimum Gasteiger partial charge on any atom is -0.339 e. The summed E-state index contributed by atoms with van der Waals surface area (Å²) < 4.78 is 1.54. The molecule has 1 spiro atoms. The van der Waals surface area contributed by atoms with Gasteiger partial charge in [0.2, 0.25) is 0 Å². The summed E-state index contributed by atoms with van der Waals surface area (Å²) >= 11 is 0. The Labute approximate surface area is 136 Å². The van der Waals surface area contributed by atoms with Crippen LogP contribution in [-0.2, 0) is 0 Å². The van der Waals surface area contributed by atoms with Crippen molar-refractivity contribution in [2.45, 2.75) is 51.4 Å². The van der Waals surface area contributed by atoms with E-state index >= 15 is 0 Å². The van der Waals surface area contributed by atoms with Gasteiger partial charge in [0.1, 0.15) is 5.52 Å². The lowest BCUT2D eigenvalue weighted by molar-refractivity contribution is 0.0751. The van der Waals surface area contributed by atoms with Crippen molar-refractivity contribution in [2.75, 3.05) is 13.1 Å². The van der Waals surface area contributed by atoms with Crippen molar-refractivity contribution in [3.05, 3.63) is 30.1 Å². The molecule has 2 fully saturated rings. The van der Waals surface area contributed by atoms with Crippen LogP contribution < -0.4 is 0 Å². The van der Waals surface area contributed by atoms with Gasteiger partial charge in [-0.25, -0.2) is 0 Å². The molecule has 1 aliphatic heterocycles. The van der Waals surface area contributed by atoms with E-state index in [-0.39, 0.29) is 5.91 Å². The quantitative estimate of drug-likeness (QED) is 0.812. The fourth-order valence-electron chi connectivity index (χ4n) is 4.43. The van der Waals surface area contributed by atoms with Gasteiger partial charge in [0, 0.05) is 19.3 Å². The van der Waals surface area contributed by atoms with Crippen LogP contribution in [0.3, 0.4) is 0 Å². The molecule has 0 unspecified atom stereocenters. The summed E-state index contributed by atoms with van der Waals surface area (Å²) in [4.78, 5) is 15.0. The standard InChI is InChI=1S/C18H24N4O/c23-17(15-14-20-22-16(15)6-4-11-19-22)21-12-5-9-18(10-13-21)7-2-1-3-8-18/h4,6,11,14H,1-3,5,7-10,12-13H2. The first-order chi connectivity index (χ1) is 11.3. The zero-order chi connectivity index (χ0) is 15.7. The molecular formula is C18H24N4O. The van der Waals surface area contributed by atoms with Crippen LogP contribution in [0.2, 0.25) is 0 Å². The van der Waals surface area contributed by atoms with Crippen LogP contribution in [0.5, 0.6) is 0 Å². The maximum Gasteiger partial charge on any atom is 0.257 e. The van der Waals surface area contributed by atoms with Crippen LogP contribution in [0, 0.1) is 5.41 Å². The smallest absolute Gasteiger partial charge is 0.257 e. The number of hydrogen-bond acceptors (Lipinski definition) is 3. The molecule has 23 heavy (non-hydrogen) atoms. The van der Waals surface area contributed by atoms with Crippen LogP contribution >= 0.6 is 0 Å². The van der Waals surface area contributed by atoms with Gasteiger partial charge < -0.3 is 4.90 Å². The first-order valence-electron chi connectivity index (χ1n) is 8.86. The van der Waals surface area contributed by atoms with E-state index in [1.807, 2.05) is 17.0 Å². The maximum absolute atomic E-state index is 12.9. The van der Waals surface area contributed by atoms with Crippen molar-refractivity contribution in [3.63, 3.8) is 0 Å². The van der Waals surface area contributed by atoms with Gasteiger partial charge in [0.05, 0.1) is 11.8 Å². The molecule has 5 heteroatoms. The molecule has 3 heterocycles. The highest BCUT2D eigenvalue weighted by molar-refractivity contribution is 6.00. The Morgan fingerprint density at radius 2 is 1.83 bits per heavy atom. The summed E-state index contributed by atoms with van der Waals surface area (Å²) in [5.41, 5.74) is 1.99. The van der Waals surface area contributed by atoms with Crippen molar-refractivity contribution < 1.29 is 4.79 Å². The molecule has 5 nitrogen and oxygen atoms in total. The number of likely N-dealkylation sites (tertiary alicyclic amines) is 1. The number of fused-ring (bicyclic) bond motifs is 1. The maximum atomic E-state index is 12.9. The molecule has 1 saturated heterocycles. The lowest BCUT2D eigenvalue weighted by Crippen LogP contribution is -2.33. The number of carbonyl (C=O) groups excluding carboxylic acids is 1. The number of rotatable bonds is 1. The Kier molecular flexibility index (Phi) is 3.79. The number of hydrogen-bond donors (Lipinski definition) is 0. The van der Waals surface area contributed by atoms with E-state index in [1.165, 1.54) is 43.2 Å². The van der Waals surface area contributed by atoms with Gasteiger partial charge in [-0.15, -0.1) is 0 Å². The van der Waals surface area contributed by atoms with Crippen molar-refractivity contribution in [1.29, 1.82) is 0 Å². The van der Waals surface area contributed by atoms with Crippen molar-refractivity contribution in [1.82, 2.24) is 19.7 Å². The molecule has 2 aromatic heterocycles. The number of amides is 1. The van der Waals surface area contributed by atoms with E-state index in [4.69, 9.17) is 0 Å². The molecule has 0 N–H and O–H groups in total. The third-order valence-electron chi connectivity index (χ3n) is 5.78. The molecule has 122 valence electrons. The van der Waals surface area contributed by atoms with Crippen molar-refractivity contribution in [2.24, 2.45) is 5.41 Å². The van der Waals surface area contributed by atoms with Gasteiger partial charge in [-0.3, -0.25) is 4.79 Å². The Morgan fingerprint density at radius 3 is 2.70 bits per heavy atom. The highest BCUT2D eigenvalue weighted by Gasteiger charge is 2.35. The second-order valence-electron chi connectivity index (χ2n) is 7.16. The Hall–Kier alpha value is -1.91. The van der Waals surface area contributed by atoms with Gasteiger partial charge in [0.25, 0.3) is 5.91 Å². The highest BCUT2D eigenvalue weighted by atomic mass is 16.2. The van der Waals surface area contributed by atoms with E-state index < -0.39 is 0 Å². The summed E-state index contributed by atoms with van der Waals surface area (Å²) in [5, 5.41) is 8.35. The zero-order valence-corrected chi connectivity index (χ0v) is 13.6. The van der Waals surface area contributed by atoms with Crippen LogP contribution in [0.1, 0.15) is 61.7 Å². The predicted octanol–water partition coefficient (Wildman–Crippen LogP) is 3.31. The summed E-state index contributed by atoms with van der Waals surface area (Å²) in [6.07, 6.45) is 13.8. The van der Waals surface area contributed by atoms with E-state index in [1.54, 1.807) is 12.4 Å². The van der Waals surface area contributed by atoms with Crippen LogP contribution in [0.4, 0.5) is 0 Å². The van der Waals surface area contributed by atoms with E-state index in [9.17, 15) is 4.79 Å². The predicted molar refractivity (Wildman–Crippen MR) is 88.3 cm³/mol. The second-order valence-corrected chi connectivity index (χ2v) is 7.16. The molecule has 1 amide bonds. The minimum absolute atomic E-state index is 0.112. The molecule has 2 aromatic rings. The number of aromatic nitrogens is 3. The Morgan fingerprint density at radius 1 is 1.00 bits per heavy atom. The van der Waals surface area contributed by atoms with Crippen molar-refractivity contribution >= 4 is 11.4 Å². The fraction of sp³-hybridized carbons (Fsp3) is 0.611. The SMILES string of the molecule is O=C(c1cnn2ncccc12)N1CCCC2(CCCCC2)CC1. The van der Waals surface area contributed by atoms with Crippen LogP contribution in [0.15, 0.2) is 24.5 Å². The number of carbonyl (C=O) groups is 1. The molecule has 1 saturated carbocycles. The first-order valence-corrected chi connectivity index (χ1v) is 8.86. The number of nitrogens with zero attached hydrogens (tertiary/aromatic N) is 4. The van der Waals surface area contributed by atoms with Crippen molar-refractivity contribution in [3.8, 4) is 0 Å². The van der Waals surface area contributed by atoms with Gasteiger partial charge in [-0.2, -0.15) is 14.8 Å². The topological polar surface area (TPSA) is 50.5 Å². The second kappa shape index (κ2) is 5.95. The molecule has 0 atom stereocenters. The average molecular weight is 312 g/mol. The summed E-state index contributed by atoms with van der Waals surface area (Å²) in [6.45, 7) is 1.76. The van der Waals surface area contributed by atoms with Gasteiger partial charge in [-0.1, -0.05) is 19.3 Å². The lowest BCUT2D eigenvalue weighted by atomic mass is 9.69. The highest BCUT2D eigenvalue weighted by Crippen LogP contribution is 2.44. The minimum atomic E-state index is 0.112. The molecular weight excluding hydrogens is 288 g/mol. The molecule has 0 radical (unpaired) electrons. The van der Waals surface area contributed by atoms with E-state index in [0.717, 1.165) is 31.4 Å². The van der Waals surface area contributed by atoms with E-state index in [2.05, 4.69) is 10.2 Å². The first kappa shape index (κ1) is 14.7. The average Bonchev–Trinajstić information content (AvgIpc) is 2.92. The molecule has 1 aliphatic carbocycles. The van der Waals surface area contributed by atoms with E-state index in [0.29, 0.717) is 11.0 Å². The summed E-state index contributed by atoms with van der Waals surface area (Å²) in [6, 6.07) is 3.76. The zero-order valence-electron chi connectivity index (χ0n) is 13.6. The van der Waals surface area contributed by atoms with Gasteiger partial charge >= 0.3 is 0 Å². The largest absolute Gasteiger partial charge is 0.339 e. The Bertz CT molecular complexity index is 702. The molecule has 0 aromatic carbocycles. The fourth-order valence-corrected chi connectivity index (χ4v) is 4.43. The van der Waals surface area contributed by atoms with Gasteiger partial charge in [0.15, 0.2) is 0 Å². The molecule has 0 bridgehead atoms. The Balaban J connectivity index is 1.53. The third-order valence-corrected chi connectivity index (χ3v) is 5.78. The molecule has 4 rings (SSSR count). The van der Waals surface area contributed by atoms with Crippen LogP contribution in [-0.4, -0.2) is 38.7 Å². The summed E-state index contributed by atoms with van der Waals surface area (Å²) in [5.74, 6) is 0.112. The normalized spacial score (nSPS) is 21.5. The summed E-state index contributed by atoms with van der Waals surface area (Å²) in [7, 11) is 0. The molecule has 2 aliphatic rings. The van der Waals surface area contributed by atoms with Crippen LogP contribution in [0.25, 0.3) is 5.52 Å².